The highest BCUT2D eigenvalue weighted by Gasteiger charge is 2.36. The zero-order valence-corrected chi connectivity index (χ0v) is 21.3. The maximum atomic E-state index is 13.4. The molecule has 0 spiro atoms. The van der Waals surface area contributed by atoms with Crippen molar-refractivity contribution in [2.75, 3.05) is 51.2 Å². The molecular formula is C25H36N4O5S. The first-order valence-electron chi connectivity index (χ1n) is 12.9. The van der Waals surface area contributed by atoms with E-state index in [9.17, 15) is 18.0 Å². The second-order valence-corrected chi connectivity index (χ2v) is 12.2. The number of carbonyl (C=O) groups is 2. The van der Waals surface area contributed by atoms with E-state index in [1.54, 1.807) is 13.0 Å². The van der Waals surface area contributed by atoms with Crippen molar-refractivity contribution in [2.24, 2.45) is 5.92 Å². The SMILES string of the molecule is Cc1cc2c(cc1S(=O)(=O)N1CCC(C(=O)N3CCC(N4CCCCC4)CC3)CC1)OCC(=O)N2. The van der Waals surface area contributed by atoms with E-state index < -0.39 is 10.0 Å². The average Bonchev–Trinajstić information content (AvgIpc) is 2.88. The number of nitrogens with zero attached hydrogens (tertiary/aromatic N) is 3. The molecule has 4 aliphatic rings. The number of carbonyl (C=O) groups excluding carboxylic acids is 2. The number of ether oxygens (including phenoxy) is 1. The first-order valence-corrected chi connectivity index (χ1v) is 14.4. The van der Waals surface area contributed by atoms with Gasteiger partial charge < -0.3 is 19.9 Å². The lowest BCUT2D eigenvalue weighted by Crippen LogP contribution is -2.50. The van der Waals surface area contributed by atoms with E-state index in [0.717, 1.165) is 25.9 Å². The smallest absolute Gasteiger partial charge is 0.262 e. The minimum Gasteiger partial charge on any atom is -0.482 e. The van der Waals surface area contributed by atoms with Gasteiger partial charge in [-0.2, -0.15) is 4.31 Å². The number of sulfonamides is 1. The van der Waals surface area contributed by atoms with Gasteiger partial charge in [-0.15, -0.1) is 0 Å². The van der Waals surface area contributed by atoms with Gasteiger partial charge in [0.1, 0.15) is 5.75 Å². The Morgan fingerprint density at radius 3 is 2.34 bits per heavy atom. The Kier molecular flexibility index (Phi) is 7.05. The molecule has 0 radical (unpaired) electrons. The Morgan fingerprint density at radius 2 is 1.66 bits per heavy atom. The zero-order valence-electron chi connectivity index (χ0n) is 20.5. The number of amides is 2. The number of rotatable bonds is 4. The van der Waals surface area contributed by atoms with Crippen LogP contribution >= 0.6 is 0 Å². The highest BCUT2D eigenvalue weighted by molar-refractivity contribution is 7.89. The molecule has 10 heteroatoms. The lowest BCUT2D eigenvalue weighted by atomic mass is 9.94. The van der Waals surface area contributed by atoms with Gasteiger partial charge in [0.2, 0.25) is 15.9 Å². The van der Waals surface area contributed by atoms with E-state index >= 15 is 0 Å². The maximum Gasteiger partial charge on any atom is 0.262 e. The molecule has 0 aliphatic carbocycles. The quantitative estimate of drug-likeness (QED) is 0.675. The number of likely N-dealkylation sites (tertiary alicyclic amines) is 2. The molecule has 0 bridgehead atoms. The van der Waals surface area contributed by atoms with Crippen LogP contribution in [0.3, 0.4) is 0 Å². The second-order valence-electron chi connectivity index (χ2n) is 10.3. The number of aryl methyl sites for hydroxylation is 1. The normalized spacial score (nSPS) is 23.5. The van der Waals surface area contributed by atoms with Crippen LogP contribution in [-0.4, -0.2) is 86.3 Å². The molecule has 1 aromatic rings. The largest absolute Gasteiger partial charge is 0.482 e. The van der Waals surface area contributed by atoms with E-state index in [4.69, 9.17) is 4.74 Å². The highest BCUT2D eigenvalue weighted by Crippen LogP contribution is 2.35. The van der Waals surface area contributed by atoms with Crippen molar-refractivity contribution in [3.63, 3.8) is 0 Å². The summed E-state index contributed by atoms with van der Waals surface area (Å²) >= 11 is 0. The highest BCUT2D eigenvalue weighted by atomic mass is 32.2. The Balaban J connectivity index is 1.17. The van der Waals surface area contributed by atoms with Crippen molar-refractivity contribution < 1.29 is 22.7 Å². The Labute approximate surface area is 207 Å². The van der Waals surface area contributed by atoms with Gasteiger partial charge in [0.05, 0.1) is 10.6 Å². The Bertz CT molecular complexity index is 1070. The van der Waals surface area contributed by atoms with Gasteiger partial charge in [0, 0.05) is 44.2 Å². The molecule has 0 atom stereocenters. The third kappa shape index (κ3) is 5.06. The summed E-state index contributed by atoms with van der Waals surface area (Å²) in [7, 11) is -3.72. The van der Waals surface area contributed by atoms with Crippen LogP contribution in [0.1, 0.15) is 50.5 Å². The predicted molar refractivity (Wildman–Crippen MR) is 132 cm³/mol. The van der Waals surface area contributed by atoms with Crippen molar-refractivity contribution in [3.8, 4) is 5.75 Å². The van der Waals surface area contributed by atoms with Gasteiger partial charge in [-0.25, -0.2) is 8.42 Å². The summed E-state index contributed by atoms with van der Waals surface area (Å²) in [6.07, 6.45) is 7.07. The second kappa shape index (κ2) is 10.1. The van der Waals surface area contributed by atoms with Crippen molar-refractivity contribution in [3.05, 3.63) is 17.7 Å². The molecule has 0 aromatic heterocycles. The molecular weight excluding hydrogens is 468 g/mol. The summed E-state index contributed by atoms with van der Waals surface area (Å²) in [5.41, 5.74) is 1.05. The number of hydrogen-bond acceptors (Lipinski definition) is 6. The lowest BCUT2D eigenvalue weighted by Gasteiger charge is -2.41. The number of nitrogens with one attached hydrogen (secondary N) is 1. The van der Waals surface area contributed by atoms with E-state index in [1.807, 2.05) is 4.90 Å². The number of anilines is 1. The van der Waals surface area contributed by atoms with Gasteiger partial charge in [0.25, 0.3) is 5.91 Å². The van der Waals surface area contributed by atoms with Crippen LogP contribution < -0.4 is 10.1 Å². The van der Waals surface area contributed by atoms with Crippen LogP contribution in [0, 0.1) is 12.8 Å². The molecule has 5 rings (SSSR count). The minimum atomic E-state index is -3.72. The summed E-state index contributed by atoms with van der Waals surface area (Å²) in [5, 5.41) is 2.71. The van der Waals surface area contributed by atoms with Gasteiger partial charge in [0.15, 0.2) is 6.61 Å². The van der Waals surface area contributed by atoms with Crippen LogP contribution in [0.15, 0.2) is 17.0 Å². The minimum absolute atomic E-state index is 0.115. The van der Waals surface area contributed by atoms with Crippen LogP contribution in [0.2, 0.25) is 0 Å². The summed E-state index contributed by atoms with van der Waals surface area (Å²) < 4.78 is 33.7. The summed E-state index contributed by atoms with van der Waals surface area (Å²) in [6.45, 7) is 6.25. The summed E-state index contributed by atoms with van der Waals surface area (Å²) in [4.78, 5) is 29.6. The first kappa shape index (κ1) is 24.5. The standard InChI is InChI=1S/C25H36N4O5S/c1-18-15-21-22(34-17-24(30)26-21)16-23(18)35(32,33)29-13-5-19(6-14-29)25(31)28-11-7-20(8-12-28)27-9-3-2-4-10-27/h15-16,19-20H,2-14,17H2,1H3,(H,26,30). The van der Waals surface area contributed by atoms with Gasteiger partial charge in [-0.1, -0.05) is 6.42 Å². The molecule has 35 heavy (non-hydrogen) atoms. The maximum absolute atomic E-state index is 13.4. The fourth-order valence-corrected chi connectivity index (χ4v) is 7.66. The molecule has 0 unspecified atom stereocenters. The fraction of sp³-hybridized carbons (Fsp3) is 0.680. The van der Waals surface area contributed by atoms with E-state index in [2.05, 4.69) is 10.2 Å². The van der Waals surface area contributed by atoms with Gasteiger partial charge in [-0.3, -0.25) is 9.59 Å². The van der Waals surface area contributed by atoms with Gasteiger partial charge >= 0.3 is 0 Å². The molecule has 3 saturated heterocycles. The van der Waals surface area contributed by atoms with E-state index in [-0.39, 0.29) is 29.2 Å². The fourth-order valence-electron chi connectivity index (χ4n) is 5.97. The van der Waals surface area contributed by atoms with Crippen LogP contribution in [0.25, 0.3) is 0 Å². The van der Waals surface area contributed by atoms with Crippen molar-refractivity contribution in [1.29, 1.82) is 0 Å². The molecule has 1 aromatic carbocycles. The summed E-state index contributed by atoms with van der Waals surface area (Å²) in [6, 6.07) is 3.75. The number of hydrogen-bond donors (Lipinski definition) is 1. The predicted octanol–water partition coefficient (Wildman–Crippen LogP) is 2.20. The first-order chi connectivity index (χ1) is 16.8. The zero-order chi connectivity index (χ0) is 24.6. The third-order valence-electron chi connectivity index (χ3n) is 8.01. The van der Waals surface area contributed by atoms with Gasteiger partial charge in [-0.05, 0) is 70.2 Å². The average molecular weight is 505 g/mol. The van der Waals surface area contributed by atoms with Crippen molar-refractivity contribution in [2.45, 2.75) is 62.8 Å². The van der Waals surface area contributed by atoms with E-state index in [0.29, 0.717) is 49.0 Å². The number of fused-ring (bicyclic) bond motifs is 1. The third-order valence-corrected chi connectivity index (χ3v) is 10.1. The number of piperidine rings is 3. The molecule has 2 amide bonds. The Morgan fingerprint density at radius 1 is 0.971 bits per heavy atom. The van der Waals surface area contributed by atoms with Crippen LogP contribution in [0.5, 0.6) is 5.75 Å². The molecule has 3 fully saturated rings. The summed E-state index contributed by atoms with van der Waals surface area (Å²) in [5.74, 6) is 0.186. The molecule has 0 saturated carbocycles. The molecule has 4 aliphatic heterocycles. The lowest BCUT2D eigenvalue weighted by molar-refractivity contribution is -0.138. The molecule has 1 N–H and O–H groups in total. The number of benzene rings is 1. The molecule has 4 heterocycles. The Hall–Kier alpha value is -2.17. The van der Waals surface area contributed by atoms with Crippen LogP contribution in [-0.2, 0) is 19.6 Å². The van der Waals surface area contributed by atoms with Crippen molar-refractivity contribution in [1.82, 2.24) is 14.1 Å². The topological polar surface area (TPSA) is 99.3 Å². The monoisotopic (exact) mass is 504 g/mol. The van der Waals surface area contributed by atoms with Crippen LogP contribution in [0.4, 0.5) is 5.69 Å². The molecule has 9 nitrogen and oxygen atoms in total. The van der Waals surface area contributed by atoms with E-state index in [1.165, 1.54) is 42.7 Å². The van der Waals surface area contributed by atoms with Crippen molar-refractivity contribution >= 4 is 27.5 Å². The molecule has 192 valence electrons.